The first-order valence-electron chi connectivity index (χ1n) is 22.6. The van der Waals surface area contributed by atoms with Gasteiger partial charge >= 0.3 is 0 Å². The first-order valence-corrected chi connectivity index (χ1v) is 25.8. The molecule has 14 nitrogen and oxygen atoms in total. The normalized spacial score (nSPS) is 16.6. The Kier molecular flexibility index (Phi) is 17.0. The second kappa shape index (κ2) is 23.5. The second-order valence-corrected chi connectivity index (χ2v) is 20.7. The lowest BCUT2D eigenvalue weighted by atomic mass is 10.1. The largest absolute Gasteiger partial charge is 0.410 e. The van der Waals surface area contributed by atoms with Crippen LogP contribution in [0.1, 0.15) is 45.7 Å². The molecule has 2 saturated heterocycles. The molecule has 1 N–H and O–H groups in total. The maximum absolute atomic E-state index is 13.4. The van der Waals surface area contributed by atoms with Gasteiger partial charge in [-0.05, 0) is 86.6 Å². The Balaban J connectivity index is 0.000000180. The van der Waals surface area contributed by atoms with Gasteiger partial charge in [0.25, 0.3) is 11.8 Å². The fourth-order valence-electron chi connectivity index (χ4n) is 8.07. The van der Waals surface area contributed by atoms with E-state index in [0.29, 0.717) is 59.9 Å². The zero-order chi connectivity index (χ0) is 50.5. The molecule has 17 heteroatoms. The van der Waals surface area contributed by atoms with Crippen molar-refractivity contribution in [3.8, 4) is 34.9 Å². The van der Waals surface area contributed by atoms with E-state index in [-0.39, 0.29) is 51.9 Å². The number of benzene rings is 6. The van der Waals surface area contributed by atoms with Crippen LogP contribution >= 0.6 is 11.6 Å². The number of carbonyl (C=O) groups is 2. The molecule has 0 bridgehead atoms. The van der Waals surface area contributed by atoms with E-state index in [0.717, 1.165) is 11.1 Å². The summed E-state index contributed by atoms with van der Waals surface area (Å²) in [5.41, 5.74) is 4.97. The predicted octanol–water partition coefficient (Wildman–Crippen LogP) is 8.81. The third kappa shape index (κ3) is 12.5. The molecule has 364 valence electrons. The van der Waals surface area contributed by atoms with Crippen molar-refractivity contribution < 1.29 is 36.2 Å². The Morgan fingerprint density at radius 1 is 0.606 bits per heavy atom. The lowest BCUT2D eigenvalue weighted by molar-refractivity contribution is 0.0637. The summed E-state index contributed by atoms with van der Waals surface area (Å²) in [5.74, 6) is 2.88. The first-order chi connectivity index (χ1) is 34.2. The van der Waals surface area contributed by atoms with Gasteiger partial charge < -0.3 is 19.5 Å². The van der Waals surface area contributed by atoms with Crippen LogP contribution in [0.5, 0.6) is 0 Å². The van der Waals surface area contributed by atoms with Gasteiger partial charge in [0.15, 0.2) is 10.9 Å². The molecular formula is C54H51ClN6O8S2. The van der Waals surface area contributed by atoms with Crippen LogP contribution in [0.25, 0.3) is 22.6 Å². The monoisotopic (exact) mass is 1010 g/mol. The van der Waals surface area contributed by atoms with Crippen molar-refractivity contribution in [3.05, 3.63) is 198 Å². The Hall–Kier alpha value is -7.39. The van der Waals surface area contributed by atoms with E-state index >= 15 is 0 Å². The highest BCUT2D eigenvalue weighted by molar-refractivity contribution is 7.89. The van der Waals surface area contributed by atoms with Crippen molar-refractivity contribution in [2.24, 2.45) is 5.16 Å². The molecular weight excluding hydrogens is 960 g/mol. The number of rotatable bonds is 9. The molecule has 2 atom stereocenters. The smallest absolute Gasteiger partial charge is 0.253 e. The van der Waals surface area contributed by atoms with E-state index in [4.69, 9.17) is 27.8 Å². The van der Waals surface area contributed by atoms with Gasteiger partial charge in [-0.25, -0.2) is 16.8 Å². The Labute approximate surface area is 419 Å². The van der Waals surface area contributed by atoms with Gasteiger partial charge in [0, 0.05) is 90.8 Å². The molecule has 2 aliphatic heterocycles. The van der Waals surface area contributed by atoms with Gasteiger partial charge in [-0.1, -0.05) is 125 Å². The molecule has 9 rings (SSSR count). The Morgan fingerprint density at radius 3 is 1.42 bits per heavy atom. The van der Waals surface area contributed by atoms with Crippen LogP contribution in [-0.2, 0) is 20.0 Å². The third-order valence-corrected chi connectivity index (χ3v) is 16.2. The minimum atomic E-state index is -3.71. The number of piperazine rings is 2. The van der Waals surface area contributed by atoms with Gasteiger partial charge in [0.05, 0.1) is 9.79 Å². The van der Waals surface area contributed by atoms with Crippen molar-refractivity contribution in [2.75, 3.05) is 39.3 Å². The summed E-state index contributed by atoms with van der Waals surface area (Å²) in [6, 6.07) is 50.9. The maximum Gasteiger partial charge on any atom is 0.253 e. The van der Waals surface area contributed by atoms with Gasteiger partial charge in [0.2, 0.25) is 20.0 Å². The quantitative estimate of drug-likeness (QED) is 0.0642. The average molecular weight is 1010 g/mol. The number of oxime groups is 1. The molecule has 6 aromatic carbocycles. The van der Waals surface area contributed by atoms with Gasteiger partial charge in [0.1, 0.15) is 5.69 Å². The second-order valence-electron chi connectivity index (χ2n) is 16.6. The molecule has 71 heavy (non-hydrogen) atoms. The Bertz CT molecular complexity index is 3190. The molecule has 0 radical (unpaired) electrons. The van der Waals surface area contributed by atoms with Crippen LogP contribution in [0.3, 0.4) is 0 Å². The zero-order valence-corrected chi connectivity index (χ0v) is 41.3. The SMILES string of the molecule is C#Cc1ccc(S(=O)(=O)N2CCN(C(=O)c3ccccc3)C[C@H]2C)cc1.C[C@@H]1CN(C(=O)c2ccccc2)CCN1S(=O)(=O)c1ccc(-c2cc(-c3ccccc3)no2)cc1.O/N=C(\Cl)c1ccccc1. The number of hydrogen-bond donors (Lipinski definition) is 1. The minimum absolute atomic E-state index is 0.0760. The summed E-state index contributed by atoms with van der Waals surface area (Å²) in [6.45, 7) is 5.55. The van der Waals surface area contributed by atoms with Crippen LogP contribution in [0.15, 0.2) is 195 Å². The highest BCUT2D eigenvalue weighted by atomic mass is 35.5. The van der Waals surface area contributed by atoms with E-state index in [9.17, 15) is 26.4 Å². The number of hydrogen-bond acceptors (Lipinski definition) is 10. The van der Waals surface area contributed by atoms with E-state index < -0.39 is 20.0 Å². The van der Waals surface area contributed by atoms with Crippen molar-refractivity contribution in [3.63, 3.8) is 0 Å². The van der Waals surface area contributed by atoms with Gasteiger partial charge in [-0.15, -0.1) is 6.42 Å². The van der Waals surface area contributed by atoms with Crippen molar-refractivity contribution in [2.45, 2.75) is 35.7 Å². The van der Waals surface area contributed by atoms with Crippen molar-refractivity contribution in [1.82, 2.24) is 23.6 Å². The van der Waals surface area contributed by atoms with E-state index in [1.165, 1.54) is 20.7 Å². The standard InChI is InChI=1S/C27H25N3O4S.C20H20N2O3S.C7H6ClNO/c1-20-19-29(27(31)23-10-6-3-7-11-23)16-17-30(20)35(32,33)24-14-12-22(13-15-24)26-18-25(28-34-26)21-8-4-2-5-9-21;1-3-17-9-11-19(12-10-17)26(24,25)22-14-13-21(15-16(22)2)20(23)18-7-5-4-6-8-18;8-7(9-10)6-4-2-1-3-5-6/h2-15,18,20H,16-17,19H2,1H3;1,4-12,16H,13-15H2,2H3;1-5,10H/b;;9-7-/t20-;16-;/m11./s1. The van der Waals surface area contributed by atoms with Crippen LogP contribution in [0.2, 0.25) is 0 Å². The molecule has 0 saturated carbocycles. The van der Waals surface area contributed by atoms with E-state index in [2.05, 4.69) is 16.2 Å². The summed E-state index contributed by atoms with van der Waals surface area (Å²) >= 11 is 5.49. The number of terminal acetylenes is 1. The van der Waals surface area contributed by atoms with Crippen LogP contribution in [0.4, 0.5) is 0 Å². The van der Waals surface area contributed by atoms with Gasteiger partial charge in [-0.2, -0.15) is 8.61 Å². The molecule has 2 amide bonds. The minimum Gasteiger partial charge on any atom is -0.410 e. The summed E-state index contributed by atoms with van der Waals surface area (Å²) in [4.78, 5) is 29.2. The molecule has 0 spiro atoms. The molecule has 2 fully saturated rings. The van der Waals surface area contributed by atoms with Crippen molar-refractivity contribution >= 4 is 48.6 Å². The van der Waals surface area contributed by atoms with E-state index in [1.807, 2.05) is 105 Å². The molecule has 2 aliphatic rings. The highest BCUT2D eigenvalue weighted by Gasteiger charge is 2.37. The number of amides is 2. The number of sulfonamides is 2. The fraction of sp³-hybridized carbons (Fsp3) is 0.185. The topological polar surface area (TPSA) is 174 Å². The van der Waals surface area contributed by atoms with Crippen LogP contribution < -0.4 is 0 Å². The molecule has 1 aromatic heterocycles. The number of nitrogens with zero attached hydrogens (tertiary/aromatic N) is 6. The van der Waals surface area contributed by atoms with Gasteiger partial charge in [-0.3, -0.25) is 9.59 Å². The lowest BCUT2D eigenvalue weighted by Gasteiger charge is -2.39. The zero-order valence-electron chi connectivity index (χ0n) is 38.9. The summed E-state index contributed by atoms with van der Waals surface area (Å²) < 4.78 is 61.0. The fourth-order valence-corrected chi connectivity index (χ4v) is 11.4. The average Bonchev–Trinajstić information content (AvgIpc) is 3.92. The molecule has 0 unspecified atom stereocenters. The Morgan fingerprint density at radius 2 is 1.01 bits per heavy atom. The maximum atomic E-state index is 13.4. The van der Waals surface area contributed by atoms with Crippen molar-refractivity contribution in [1.29, 1.82) is 0 Å². The number of carbonyl (C=O) groups excluding carboxylic acids is 2. The third-order valence-electron chi connectivity index (χ3n) is 11.8. The highest BCUT2D eigenvalue weighted by Crippen LogP contribution is 2.29. The predicted molar refractivity (Wildman–Crippen MR) is 274 cm³/mol. The van der Waals surface area contributed by atoms with Crippen LogP contribution in [0, 0.1) is 12.3 Å². The number of aromatic nitrogens is 1. The molecule has 3 heterocycles. The van der Waals surface area contributed by atoms with E-state index in [1.54, 1.807) is 82.6 Å². The lowest BCUT2D eigenvalue weighted by Crippen LogP contribution is -2.55. The molecule has 7 aromatic rings. The first kappa shape index (κ1) is 51.5. The molecule has 0 aliphatic carbocycles. The number of halogens is 1. The summed E-state index contributed by atoms with van der Waals surface area (Å²) in [5, 5.41) is 15.3. The van der Waals surface area contributed by atoms with Crippen LogP contribution in [-0.4, -0.2) is 114 Å². The summed E-state index contributed by atoms with van der Waals surface area (Å²) in [7, 11) is -7.34. The summed E-state index contributed by atoms with van der Waals surface area (Å²) in [6.07, 6.45) is 5.32.